The summed E-state index contributed by atoms with van der Waals surface area (Å²) in [5.41, 5.74) is 5.73. The van der Waals surface area contributed by atoms with Crippen molar-refractivity contribution in [2.24, 2.45) is 29.4 Å². The number of nitrogens with one attached hydrogen (secondary N) is 1. The normalized spacial score (nSPS) is 31.2. The van der Waals surface area contributed by atoms with Crippen molar-refractivity contribution >= 4 is 17.7 Å². The maximum absolute atomic E-state index is 12.6. The van der Waals surface area contributed by atoms with Crippen LogP contribution in [0.5, 0.6) is 0 Å². The van der Waals surface area contributed by atoms with Crippen molar-refractivity contribution in [2.45, 2.75) is 18.9 Å². The van der Waals surface area contributed by atoms with Gasteiger partial charge in [-0.1, -0.05) is 42.5 Å². The number of carbonyl (C=O) groups excluding carboxylic acids is 3. The third-order valence-corrected chi connectivity index (χ3v) is 6.03. The van der Waals surface area contributed by atoms with Crippen molar-refractivity contribution in [2.75, 3.05) is 13.1 Å². The minimum absolute atomic E-state index is 0.0929. The number of benzene rings is 1. The zero-order valence-electron chi connectivity index (χ0n) is 14.7. The SMILES string of the molecule is CC(N)(C(=O)NCCN1C(=O)C2C3C=CC(C3)C2C1=O)c1ccccc1. The predicted octanol–water partition coefficient (Wildman–Crippen LogP) is 0.784. The average molecular weight is 353 g/mol. The lowest BCUT2D eigenvalue weighted by Crippen LogP contribution is -2.50. The Morgan fingerprint density at radius 2 is 1.73 bits per heavy atom. The Morgan fingerprint density at radius 3 is 2.31 bits per heavy atom. The topological polar surface area (TPSA) is 92.5 Å². The summed E-state index contributed by atoms with van der Waals surface area (Å²) in [7, 11) is 0. The molecule has 1 saturated heterocycles. The Kier molecular flexibility index (Phi) is 3.95. The van der Waals surface area contributed by atoms with E-state index in [4.69, 9.17) is 5.73 Å². The molecule has 1 aliphatic heterocycles. The van der Waals surface area contributed by atoms with Gasteiger partial charge < -0.3 is 11.1 Å². The quantitative estimate of drug-likeness (QED) is 0.604. The maximum Gasteiger partial charge on any atom is 0.244 e. The first-order chi connectivity index (χ1) is 12.4. The van der Waals surface area contributed by atoms with E-state index in [2.05, 4.69) is 17.5 Å². The van der Waals surface area contributed by atoms with Gasteiger partial charge in [0.15, 0.2) is 0 Å². The molecule has 1 heterocycles. The number of rotatable bonds is 5. The van der Waals surface area contributed by atoms with Crippen LogP contribution in [0, 0.1) is 23.7 Å². The number of carbonyl (C=O) groups is 3. The van der Waals surface area contributed by atoms with Crippen LogP contribution < -0.4 is 11.1 Å². The van der Waals surface area contributed by atoms with E-state index in [0.717, 1.165) is 6.42 Å². The van der Waals surface area contributed by atoms with Gasteiger partial charge in [0.05, 0.1) is 11.8 Å². The lowest BCUT2D eigenvalue weighted by molar-refractivity contribution is -0.141. The third kappa shape index (κ3) is 2.48. The van der Waals surface area contributed by atoms with Gasteiger partial charge in [0.1, 0.15) is 5.54 Å². The fraction of sp³-hybridized carbons (Fsp3) is 0.450. The second-order valence-electron chi connectivity index (χ2n) is 7.65. The highest BCUT2D eigenvalue weighted by Crippen LogP contribution is 2.52. The Hall–Kier alpha value is -2.47. The molecule has 1 aromatic rings. The monoisotopic (exact) mass is 353 g/mol. The van der Waals surface area contributed by atoms with E-state index >= 15 is 0 Å². The summed E-state index contributed by atoms with van der Waals surface area (Å²) < 4.78 is 0. The van der Waals surface area contributed by atoms with Gasteiger partial charge in [-0.3, -0.25) is 19.3 Å². The molecule has 0 radical (unpaired) electrons. The molecular weight excluding hydrogens is 330 g/mol. The highest BCUT2D eigenvalue weighted by molar-refractivity contribution is 6.06. The van der Waals surface area contributed by atoms with Gasteiger partial charge in [-0.25, -0.2) is 0 Å². The highest BCUT2D eigenvalue weighted by atomic mass is 16.2. The second-order valence-corrected chi connectivity index (χ2v) is 7.65. The minimum Gasteiger partial charge on any atom is -0.352 e. The van der Waals surface area contributed by atoms with Gasteiger partial charge in [0.25, 0.3) is 0 Å². The zero-order valence-corrected chi connectivity index (χ0v) is 14.7. The van der Waals surface area contributed by atoms with E-state index < -0.39 is 5.54 Å². The first-order valence-corrected chi connectivity index (χ1v) is 9.07. The molecule has 3 amide bonds. The number of likely N-dealkylation sites (tertiary alicyclic amines) is 1. The fourth-order valence-electron chi connectivity index (χ4n) is 4.56. The van der Waals surface area contributed by atoms with Crippen LogP contribution in [-0.4, -0.2) is 35.7 Å². The van der Waals surface area contributed by atoms with Crippen molar-refractivity contribution in [3.8, 4) is 0 Å². The molecule has 5 unspecified atom stereocenters. The zero-order chi connectivity index (χ0) is 18.5. The summed E-state index contributed by atoms with van der Waals surface area (Å²) in [6, 6.07) is 9.13. The molecule has 0 aromatic heterocycles. The number of fused-ring (bicyclic) bond motifs is 5. The first-order valence-electron chi connectivity index (χ1n) is 9.07. The molecule has 6 heteroatoms. The van der Waals surface area contributed by atoms with Gasteiger partial charge >= 0.3 is 0 Å². The number of amides is 3. The van der Waals surface area contributed by atoms with Gasteiger partial charge in [-0.05, 0) is 30.7 Å². The van der Waals surface area contributed by atoms with Crippen LogP contribution in [-0.2, 0) is 19.9 Å². The molecule has 4 rings (SSSR count). The Bertz CT molecular complexity index is 757. The average Bonchev–Trinajstić information content (AvgIpc) is 3.31. The van der Waals surface area contributed by atoms with E-state index in [-0.39, 0.29) is 54.5 Å². The van der Waals surface area contributed by atoms with Crippen molar-refractivity contribution in [1.29, 1.82) is 0 Å². The van der Waals surface area contributed by atoms with E-state index in [1.807, 2.05) is 18.2 Å². The number of nitrogens with zero attached hydrogens (tertiary/aromatic N) is 1. The smallest absolute Gasteiger partial charge is 0.244 e. The molecular formula is C20H23N3O3. The standard InChI is InChI=1S/C20H23N3O3/c1-20(21,14-5-3-2-4-6-14)19(26)22-9-10-23-17(24)15-12-7-8-13(11-12)16(15)18(23)25/h2-8,12-13,15-16H,9-11,21H2,1H3,(H,22,26). The first kappa shape index (κ1) is 17.0. The summed E-state index contributed by atoms with van der Waals surface area (Å²) in [5, 5.41) is 2.77. The van der Waals surface area contributed by atoms with Crippen molar-refractivity contribution < 1.29 is 14.4 Å². The van der Waals surface area contributed by atoms with Crippen LogP contribution >= 0.6 is 0 Å². The number of hydrogen-bond donors (Lipinski definition) is 2. The van der Waals surface area contributed by atoms with Crippen LogP contribution in [0.4, 0.5) is 0 Å². The van der Waals surface area contributed by atoms with Gasteiger partial charge in [0, 0.05) is 13.1 Å². The fourth-order valence-corrected chi connectivity index (χ4v) is 4.56. The van der Waals surface area contributed by atoms with Gasteiger partial charge in [-0.2, -0.15) is 0 Å². The number of hydrogen-bond acceptors (Lipinski definition) is 4. The van der Waals surface area contributed by atoms with Crippen LogP contribution in [0.25, 0.3) is 0 Å². The van der Waals surface area contributed by atoms with Gasteiger partial charge in [0.2, 0.25) is 17.7 Å². The Morgan fingerprint density at radius 1 is 1.15 bits per heavy atom. The van der Waals surface area contributed by atoms with E-state index in [0.29, 0.717) is 5.56 Å². The Balaban J connectivity index is 1.36. The maximum atomic E-state index is 12.6. The molecule has 0 spiro atoms. The summed E-state index contributed by atoms with van der Waals surface area (Å²) in [6.07, 6.45) is 5.06. The molecule has 1 aromatic carbocycles. The van der Waals surface area contributed by atoms with Crippen LogP contribution in [0.15, 0.2) is 42.5 Å². The minimum atomic E-state index is -1.17. The largest absolute Gasteiger partial charge is 0.352 e. The Labute approximate surface area is 152 Å². The number of nitrogens with two attached hydrogens (primary N) is 1. The second kappa shape index (κ2) is 6.06. The predicted molar refractivity (Wildman–Crippen MR) is 95.4 cm³/mol. The molecule has 2 bridgehead atoms. The molecule has 1 saturated carbocycles. The van der Waals surface area contributed by atoms with Crippen LogP contribution in [0.1, 0.15) is 18.9 Å². The highest BCUT2D eigenvalue weighted by Gasteiger charge is 2.58. The molecule has 2 aliphatic carbocycles. The lowest BCUT2D eigenvalue weighted by Gasteiger charge is -2.25. The molecule has 5 atom stereocenters. The van der Waals surface area contributed by atoms with Crippen molar-refractivity contribution in [3.63, 3.8) is 0 Å². The molecule has 6 nitrogen and oxygen atoms in total. The number of allylic oxidation sites excluding steroid dienone is 2. The molecule has 26 heavy (non-hydrogen) atoms. The summed E-state index contributed by atoms with van der Waals surface area (Å²) in [6.45, 7) is 2.05. The lowest BCUT2D eigenvalue weighted by atomic mass is 9.85. The van der Waals surface area contributed by atoms with E-state index in [1.165, 1.54) is 4.90 Å². The number of imide groups is 1. The van der Waals surface area contributed by atoms with E-state index in [1.54, 1.807) is 19.1 Å². The molecule has 2 fully saturated rings. The molecule has 136 valence electrons. The molecule has 3 aliphatic rings. The summed E-state index contributed by atoms with van der Waals surface area (Å²) in [5.74, 6) is -0.508. The summed E-state index contributed by atoms with van der Waals surface area (Å²) in [4.78, 5) is 39.0. The van der Waals surface area contributed by atoms with Gasteiger partial charge in [-0.15, -0.1) is 0 Å². The summed E-state index contributed by atoms with van der Waals surface area (Å²) >= 11 is 0. The third-order valence-electron chi connectivity index (χ3n) is 6.03. The van der Waals surface area contributed by atoms with Crippen LogP contribution in [0.2, 0.25) is 0 Å². The van der Waals surface area contributed by atoms with Crippen LogP contribution in [0.3, 0.4) is 0 Å². The van der Waals surface area contributed by atoms with E-state index in [9.17, 15) is 14.4 Å². The molecule has 3 N–H and O–H groups in total. The van der Waals surface area contributed by atoms with Crippen molar-refractivity contribution in [1.82, 2.24) is 10.2 Å². The van der Waals surface area contributed by atoms with Crippen molar-refractivity contribution in [3.05, 3.63) is 48.0 Å².